The van der Waals surface area contributed by atoms with Gasteiger partial charge in [0.15, 0.2) is 0 Å². The summed E-state index contributed by atoms with van der Waals surface area (Å²) in [7, 11) is 1.53. The Bertz CT molecular complexity index is 706. The van der Waals surface area contributed by atoms with E-state index in [1.165, 1.54) is 7.11 Å². The van der Waals surface area contributed by atoms with Crippen molar-refractivity contribution in [3.63, 3.8) is 0 Å². The van der Waals surface area contributed by atoms with Crippen LogP contribution in [-0.4, -0.2) is 29.5 Å². The van der Waals surface area contributed by atoms with Crippen LogP contribution in [0.15, 0.2) is 24.3 Å². The Morgan fingerprint density at radius 1 is 1.30 bits per heavy atom. The van der Waals surface area contributed by atoms with Crippen LogP contribution in [0.1, 0.15) is 29.5 Å². The molecular weight excluding hydrogens is 316 g/mol. The fourth-order valence-corrected chi connectivity index (χ4v) is 2.14. The summed E-state index contributed by atoms with van der Waals surface area (Å²) in [5.41, 5.74) is 1.48. The van der Waals surface area contributed by atoms with Crippen LogP contribution in [0.3, 0.4) is 0 Å². The third-order valence-corrected chi connectivity index (χ3v) is 3.26. The summed E-state index contributed by atoms with van der Waals surface area (Å²) in [5.74, 6) is 0.614. The number of hydrogen-bond acceptors (Lipinski definition) is 5. The van der Waals surface area contributed by atoms with Crippen LogP contribution in [-0.2, 0) is 0 Å². The molecule has 0 fully saturated rings. The molecule has 0 bridgehead atoms. The molecule has 0 aliphatic carbocycles. The maximum Gasteiger partial charge on any atom is 0.274 e. The molecule has 1 heterocycles. The highest BCUT2D eigenvalue weighted by Crippen LogP contribution is 2.28. The van der Waals surface area contributed by atoms with Gasteiger partial charge in [0.2, 0.25) is 5.95 Å². The zero-order chi connectivity index (χ0) is 16.8. The second kappa shape index (κ2) is 7.78. The van der Waals surface area contributed by atoms with Crippen LogP contribution >= 0.6 is 11.6 Å². The zero-order valence-corrected chi connectivity index (χ0v) is 14.1. The molecule has 2 aromatic rings. The lowest BCUT2D eigenvalue weighted by Crippen LogP contribution is -2.16. The number of benzene rings is 1. The Kier molecular flexibility index (Phi) is 5.76. The first-order valence-electron chi connectivity index (χ1n) is 7.28. The van der Waals surface area contributed by atoms with Crippen molar-refractivity contribution in [3.05, 3.63) is 40.7 Å². The van der Waals surface area contributed by atoms with Gasteiger partial charge in [0.05, 0.1) is 12.8 Å². The van der Waals surface area contributed by atoms with Gasteiger partial charge in [0.25, 0.3) is 5.91 Å². The van der Waals surface area contributed by atoms with Crippen molar-refractivity contribution in [2.45, 2.75) is 20.3 Å². The minimum absolute atomic E-state index is 0.276. The summed E-state index contributed by atoms with van der Waals surface area (Å²) < 4.78 is 5.22. The number of ether oxygens (including phenoxy) is 1. The molecule has 0 saturated heterocycles. The molecular formula is C16H19ClN4O2. The SMILES string of the molecule is CCCNc1nc(C)cc(C(=O)Nc2cc(Cl)ccc2OC)n1. The highest BCUT2D eigenvalue weighted by molar-refractivity contribution is 6.31. The Morgan fingerprint density at radius 3 is 2.78 bits per heavy atom. The molecule has 2 rings (SSSR count). The lowest BCUT2D eigenvalue weighted by atomic mass is 10.2. The lowest BCUT2D eigenvalue weighted by Gasteiger charge is -2.11. The van der Waals surface area contributed by atoms with Crippen LogP contribution in [0.2, 0.25) is 5.02 Å². The predicted molar refractivity (Wildman–Crippen MR) is 91.5 cm³/mol. The van der Waals surface area contributed by atoms with Crippen molar-refractivity contribution in [2.75, 3.05) is 24.3 Å². The van der Waals surface area contributed by atoms with Gasteiger partial charge in [-0.25, -0.2) is 9.97 Å². The first-order valence-corrected chi connectivity index (χ1v) is 7.65. The van der Waals surface area contributed by atoms with Crippen molar-refractivity contribution in [3.8, 4) is 5.75 Å². The highest BCUT2D eigenvalue weighted by atomic mass is 35.5. The maximum absolute atomic E-state index is 12.4. The average molecular weight is 335 g/mol. The van der Waals surface area contributed by atoms with Gasteiger partial charge < -0.3 is 15.4 Å². The maximum atomic E-state index is 12.4. The summed E-state index contributed by atoms with van der Waals surface area (Å²) in [4.78, 5) is 20.9. The van der Waals surface area contributed by atoms with Crippen molar-refractivity contribution in [2.24, 2.45) is 0 Å². The molecule has 0 spiro atoms. The van der Waals surface area contributed by atoms with Crippen molar-refractivity contribution in [1.82, 2.24) is 9.97 Å². The first-order chi connectivity index (χ1) is 11.0. The number of methoxy groups -OCH3 is 1. The number of nitrogens with zero attached hydrogens (tertiary/aromatic N) is 2. The van der Waals surface area contributed by atoms with E-state index in [0.29, 0.717) is 28.1 Å². The van der Waals surface area contributed by atoms with Gasteiger partial charge in [-0.1, -0.05) is 18.5 Å². The third-order valence-electron chi connectivity index (χ3n) is 3.03. The van der Waals surface area contributed by atoms with Crippen LogP contribution < -0.4 is 15.4 Å². The van der Waals surface area contributed by atoms with E-state index in [1.807, 2.05) is 13.8 Å². The van der Waals surface area contributed by atoms with Crippen molar-refractivity contribution >= 4 is 29.1 Å². The number of carbonyl (C=O) groups is 1. The van der Waals surface area contributed by atoms with E-state index in [4.69, 9.17) is 16.3 Å². The normalized spacial score (nSPS) is 10.3. The van der Waals surface area contributed by atoms with Gasteiger partial charge in [0, 0.05) is 17.3 Å². The molecule has 1 aromatic heterocycles. The van der Waals surface area contributed by atoms with E-state index in [2.05, 4.69) is 20.6 Å². The molecule has 0 aliphatic rings. The van der Waals surface area contributed by atoms with E-state index in [-0.39, 0.29) is 11.6 Å². The predicted octanol–water partition coefficient (Wildman–Crippen LogP) is 3.52. The third kappa shape index (κ3) is 4.56. The summed E-state index contributed by atoms with van der Waals surface area (Å²) >= 11 is 5.97. The smallest absolute Gasteiger partial charge is 0.274 e. The second-order valence-electron chi connectivity index (χ2n) is 4.94. The van der Waals surface area contributed by atoms with Crippen LogP contribution in [0.4, 0.5) is 11.6 Å². The molecule has 7 heteroatoms. The monoisotopic (exact) mass is 334 g/mol. The molecule has 2 N–H and O–H groups in total. The summed E-state index contributed by atoms with van der Waals surface area (Å²) in [6.07, 6.45) is 0.943. The topological polar surface area (TPSA) is 76.1 Å². The fraction of sp³-hybridized carbons (Fsp3) is 0.312. The van der Waals surface area contributed by atoms with Gasteiger partial charge in [-0.2, -0.15) is 0 Å². The number of nitrogens with one attached hydrogen (secondary N) is 2. The Hall–Kier alpha value is -2.34. The molecule has 0 unspecified atom stereocenters. The number of halogens is 1. The number of aromatic nitrogens is 2. The first kappa shape index (κ1) is 17.0. The van der Waals surface area contributed by atoms with Crippen LogP contribution in [0, 0.1) is 6.92 Å². The highest BCUT2D eigenvalue weighted by Gasteiger charge is 2.13. The van der Waals surface area contributed by atoms with Crippen LogP contribution in [0.5, 0.6) is 5.75 Å². The molecule has 0 radical (unpaired) electrons. The van der Waals surface area contributed by atoms with Crippen molar-refractivity contribution < 1.29 is 9.53 Å². The Morgan fingerprint density at radius 2 is 2.09 bits per heavy atom. The van der Waals surface area contributed by atoms with Gasteiger partial charge >= 0.3 is 0 Å². The Labute approximate surface area is 140 Å². The van der Waals surface area contributed by atoms with Gasteiger partial charge in [-0.3, -0.25) is 4.79 Å². The van der Waals surface area contributed by atoms with E-state index in [0.717, 1.165) is 13.0 Å². The van der Waals surface area contributed by atoms with Gasteiger partial charge in [-0.05, 0) is 37.6 Å². The number of aryl methyl sites for hydroxylation is 1. The largest absolute Gasteiger partial charge is 0.495 e. The van der Waals surface area contributed by atoms with Crippen molar-refractivity contribution in [1.29, 1.82) is 0 Å². The average Bonchev–Trinajstić information content (AvgIpc) is 2.52. The molecule has 0 atom stereocenters. The standard InChI is InChI=1S/C16H19ClN4O2/c1-4-7-18-16-19-10(2)8-13(21-16)15(22)20-12-9-11(17)5-6-14(12)23-3/h5-6,8-9H,4,7H2,1-3H3,(H,20,22)(H,18,19,21). The van der Waals surface area contributed by atoms with E-state index >= 15 is 0 Å². The molecule has 1 amide bonds. The lowest BCUT2D eigenvalue weighted by molar-refractivity contribution is 0.102. The second-order valence-corrected chi connectivity index (χ2v) is 5.38. The number of carbonyl (C=O) groups excluding carboxylic acids is 1. The number of hydrogen-bond donors (Lipinski definition) is 2. The molecule has 0 aliphatic heterocycles. The summed E-state index contributed by atoms with van der Waals surface area (Å²) in [5, 5.41) is 6.35. The van der Waals surface area contributed by atoms with Gasteiger partial charge in [-0.15, -0.1) is 0 Å². The van der Waals surface area contributed by atoms with E-state index in [9.17, 15) is 4.79 Å². The fourth-order valence-electron chi connectivity index (χ4n) is 1.96. The van der Waals surface area contributed by atoms with Gasteiger partial charge in [0.1, 0.15) is 11.4 Å². The zero-order valence-electron chi connectivity index (χ0n) is 13.3. The molecule has 23 heavy (non-hydrogen) atoms. The minimum atomic E-state index is -0.351. The quantitative estimate of drug-likeness (QED) is 0.845. The molecule has 0 saturated carbocycles. The number of anilines is 2. The molecule has 6 nitrogen and oxygen atoms in total. The summed E-state index contributed by atoms with van der Waals surface area (Å²) in [6, 6.07) is 6.64. The number of rotatable bonds is 6. The molecule has 1 aromatic carbocycles. The Balaban J connectivity index is 2.24. The van der Waals surface area contributed by atoms with E-state index < -0.39 is 0 Å². The number of amides is 1. The minimum Gasteiger partial charge on any atom is -0.495 e. The van der Waals surface area contributed by atoms with Crippen LogP contribution in [0.25, 0.3) is 0 Å². The summed E-state index contributed by atoms with van der Waals surface area (Å²) in [6.45, 7) is 4.60. The van der Waals surface area contributed by atoms with E-state index in [1.54, 1.807) is 24.3 Å². The molecule has 122 valence electrons.